The first-order chi connectivity index (χ1) is 9.72. The number of fused-ring (bicyclic) bond motifs is 1. The molecule has 4 heteroatoms. The van der Waals surface area contributed by atoms with Crippen LogP contribution >= 0.6 is 0 Å². The van der Waals surface area contributed by atoms with Crippen LogP contribution in [0.5, 0.6) is 11.5 Å². The number of nitrogens with zero attached hydrogens (tertiary/aromatic N) is 1. The van der Waals surface area contributed by atoms with E-state index in [4.69, 9.17) is 9.47 Å². The second-order valence-electron chi connectivity index (χ2n) is 5.96. The van der Waals surface area contributed by atoms with Crippen molar-refractivity contribution in [3.8, 4) is 11.5 Å². The van der Waals surface area contributed by atoms with Gasteiger partial charge in [0.25, 0.3) is 0 Å². The normalized spacial score (nSPS) is 24.2. The van der Waals surface area contributed by atoms with Gasteiger partial charge in [0.15, 0.2) is 11.5 Å². The first kappa shape index (κ1) is 13.6. The predicted octanol–water partition coefficient (Wildman–Crippen LogP) is 2.60. The summed E-state index contributed by atoms with van der Waals surface area (Å²) in [6.07, 6.45) is 2.61. The minimum atomic E-state index is 0.473. The summed E-state index contributed by atoms with van der Waals surface area (Å²) in [4.78, 5) is 2.43. The molecule has 2 unspecified atom stereocenters. The second kappa shape index (κ2) is 5.92. The molecule has 0 saturated carbocycles. The third-order valence-electron chi connectivity index (χ3n) is 4.30. The fourth-order valence-corrected chi connectivity index (χ4v) is 3.13. The van der Waals surface area contributed by atoms with Crippen molar-refractivity contribution in [3.63, 3.8) is 0 Å². The van der Waals surface area contributed by atoms with Crippen LogP contribution in [-0.4, -0.2) is 44.3 Å². The molecule has 0 aromatic heterocycles. The lowest BCUT2D eigenvalue weighted by molar-refractivity contribution is 0.171. The van der Waals surface area contributed by atoms with Gasteiger partial charge in [0.1, 0.15) is 13.2 Å². The molecule has 2 atom stereocenters. The number of likely N-dealkylation sites (tertiary alicyclic amines) is 1. The van der Waals surface area contributed by atoms with Crippen molar-refractivity contribution in [2.24, 2.45) is 5.92 Å². The van der Waals surface area contributed by atoms with Crippen molar-refractivity contribution < 1.29 is 9.47 Å². The van der Waals surface area contributed by atoms with Gasteiger partial charge in [-0.3, -0.25) is 0 Å². The fourth-order valence-electron chi connectivity index (χ4n) is 3.13. The largest absolute Gasteiger partial charge is 0.486 e. The van der Waals surface area contributed by atoms with Crippen molar-refractivity contribution in [2.75, 3.05) is 38.7 Å². The zero-order valence-electron chi connectivity index (χ0n) is 12.4. The molecule has 1 fully saturated rings. The molecule has 2 heterocycles. The summed E-state index contributed by atoms with van der Waals surface area (Å²) in [5.74, 6) is 2.42. The number of ether oxygens (including phenoxy) is 2. The lowest BCUT2D eigenvalue weighted by atomic mass is 9.92. The SMILES string of the molecule is CC(Nc1ccc2c(c1)OCCO2)C1CCCN(C)C1. The highest BCUT2D eigenvalue weighted by atomic mass is 16.6. The summed E-state index contributed by atoms with van der Waals surface area (Å²) in [7, 11) is 2.21. The van der Waals surface area contributed by atoms with Crippen molar-refractivity contribution in [3.05, 3.63) is 18.2 Å². The Hall–Kier alpha value is -1.42. The van der Waals surface area contributed by atoms with Crippen LogP contribution in [0.4, 0.5) is 5.69 Å². The van der Waals surface area contributed by atoms with Crippen LogP contribution in [0.25, 0.3) is 0 Å². The van der Waals surface area contributed by atoms with Gasteiger partial charge in [-0.05, 0) is 51.4 Å². The molecule has 0 bridgehead atoms. The van der Waals surface area contributed by atoms with Crippen LogP contribution < -0.4 is 14.8 Å². The van der Waals surface area contributed by atoms with Gasteiger partial charge in [0.2, 0.25) is 0 Å². The van der Waals surface area contributed by atoms with Crippen LogP contribution in [0.15, 0.2) is 18.2 Å². The zero-order valence-corrected chi connectivity index (χ0v) is 12.4. The predicted molar refractivity (Wildman–Crippen MR) is 80.7 cm³/mol. The van der Waals surface area contributed by atoms with E-state index in [1.165, 1.54) is 25.9 Å². The summed E-state index contributed by atoms with van der Waals surface area (Å²) in [5, 5.41) is 3.62. The number of rotatable bonds is 3. The Balaban J connectivity index is 1.64. The molecule has 1 N–H and O–H groups in total. The van der Waals surface area contributed by atoms with E-state index in [2.05, 4.69) is 36.3 Å². The number of anilines is 1. The highest BCUT2D eigenvalue weighted by Gasteiger charge is 2.23. The molecule has 4 nitrogen and oxygen atoms in total. The van der Waals surface area contributed by atoms with E-state index in [-0.39, 0.29) is 0 Å². The fraction of sp³-hybridized carbons (Fsp3) is 0.625. The Bertz CT molecular complexity index is 464. The van der Waals surface area contributed by atoms with E-state index in [1.807, 2.05) is 6.07 Å². The molecule has 0 radical (unpaired) electrons. The molecular formula is C16H24N2O2. The van der Waals surface area contributed by atoms with E-state index in [9.17, 15) is 0 Å². The van der Waals surface area contributed by atoms with Gasteiger partial charge in [-0.2, -0.15) is 0 Å². The summed E-state index contributed by atoms with van der Waals surface area (Å²) < 4.78 is 11.2. The molecule has 2 aliphatic heterocycles. The third-order valence-corrected chi connectivity index (χ3v) is 4.30. The first-order valence-electron chi connectivity index (χ1n) is 7.57. The minimum absolute atomic E-state index is 0.473. The topological polar surface area (TPSA) is 33.7 Å². The molecule has 1 aromatic carbocycles. The molecule has 110 valence electrons. The maximum absolute atomic E-state index is 5.63. The highest BCUT2D eigenvalue weighted by Crippen LogP contribution is 2.33. The zero-order chi connectivity index (χ0) is 13.9. The Morgan fingerprint density at radius 3 is 2.85 bits per heavy atom. The van der Waals surface area contributed by atoms with E-state index >= 15 is 0 Å². The molecule has 1 saturated heterocycles. The second-order valence-corrected chi connectivity index (χ2v) is 5.96. The van der Waals surface area contributed by atoms with E-state index in [0.29, 0.717) is 25.2 Å². The number of nitrogens with one attached hydrogen (secondary N) is 1. The molecule has 0 spiro atoms. The molecule has 1 aromatic rings. The summed E-state index contributed by atoms with van der Waals surface area (Å²) >= 11 is 0. The van der Waals surface area contributed by atoms with Crippen LogP contribution in [-0.2, 0) is 0 Å². The summed E-state index contributed by atoms with van der Waals surface area (Å²) in [6, 6.07) is 6.60. The van der Waals surface area contributed by atoms with Gasteiger partial charge >= 0.3 is 0 Å². The number of benzene rings is 1. The average Bonchev–Trinajstić information content (AvgIpc) is 2.47. The number of hydrogen-bond acceptors (Lipinski definition) is 4. The maximum atomic E-state index is 5.63. The Kier molecular flexibility index (Phi) is 4.01. The third kappa shape index (κ3) is 3.01. The van der Waals surface area contributed by atoms with Crippen LogP contribution in [0.3, 0.4) is 0 Å². The van der Waals surface area contributed by atoms with Gasteiger partial charge in [-0.15, -0.1) is 0 Å². The average molecular weight is 276 g/mol. The smallest absolute Gasteiger partial charge is 0.163 e. The van der Waals surface area contributed by atoms with Crippen LogP contribution in [0.2, 0.25) is 0 Å². The van der Waals surface area contributed by atoms with Gasteiger partial charge in [0.05, 0.1) is 0 Å². The van der Waals surface area contributed by atoms with Gasteiger partial charge in [-0.25, -0.2) is 0 Å². The molecule has 0 amide bonds. The van der Waals surface area contributed by atoms with E-state index < -0.39 is 0 Å². The van der Waals surface area contributed by atoms with Crippen molar-refractivity contribution in [1.82, 2.24) is 4.90 Å². The quantitative estimate of drug-likeness (QED) is 0.920. The Morgan fingerprint density at radius 2 is 2.05 bits per heavy atom. The Morgan fingerprint density at radius 1 is 1.25 bits per heavy atom. The maximum Gasteiger partial charge on any atom is 0.163 e. The van der Waals surface area contributed by atoms with Crippen molar-refractivity contribution >= 4 is 5.69 Å². The van der Waals surface area contributed by atoms with Gasteiger partial charge < -0.3 is 19.7 Å². The van der Waals surface area contributed by atoms with E-state index in [0.717, 1.165) is 17.2 Å². The first-order valence-corrected chi connectivity index (χ1v) is 7.57. The lowest BCUT2D eigenvalue weighted by Gasteiger charge is -2.34. The van der Waals surface area contributed by atoms with Gasteiger partial charge in [0, 0.05) is 24.3 Å². The summed E-state index contributed by atoms with van der Waals surface area (Å²) in [5.41, 5.74) is 1.12. The molecule has 3 rings (SSSR count). The van der Waals surface area contributed by atoms with Gasteiger partial charge in [-0.1, -0.05) is 0 Å². The molecule has 20 heavy (non-hydrogen) atoms. The lowest BCUT2D eigenvalue weighted by Crippen LogP contribution is -2.39. The Labute approximate surface area is 121 Å². The summed E-state index contributed by atoms with van der Waals surface area (Å²) in [6.45, 7) is 5.97. The van der Waals surface area contributed by atoms with Crippen LogP contribution in [0.1, 0.15) is 19.8 Å². The number of hydrogen-bond donors (Lipinski definition) is 1. The van der Waals surface area contributed by atoms with Crippen molar-refractivity contribution in [2.45, 2.75) is 25.8 Å². The standard InChI is InChI=1S/C16H24N2O2/c1-12(13-4-3-7-18(2)11-13)17-14-5-6-15-16(10-14)20-9-8-19-15/h5-6,10,12-13,17H,3-4,7-9,11H2,1-2H3. The molecule has 2 aliphatic rings. The number of piperidine rings is 1. The molecular weight excluding hydrogens is 252 g/mol. The minimum Gasteiger partial charge on any atom is -0.486 e. The van der Waals surface area contributed by atoms with E-state index in [1.54, 1.807) is 0 Å². The monoisotopic (exact) mass is 276 g/mol. The molecule has 0 aliphatic carbocycles. The highest BCUT2D eigenvalue weighted by molar-refractivity contribution is 5.55. The van der Waals surface area contributed by atoms with Crippen molar-refractivity contribution in [1.29, 1.82) is 0 Å². The van der Waals surface area contributed by atoms with Crippen LogP contribution in [0, 0.1) is 5.92 Å².